The van der Waals surface area contributed by atoms with Crippen molar-refractivity contribution in [2.24, 2.45) is 0 Å². The summed E-state index contributed by atoms with van der Waals surface area (Å²) in [5, 5.41) is 6.88. The average Bonchev–Trinajstić information content (AvgIpc) is 3.22. The van der Waals surface area contributed by atoms with Gasteiger partial charge in [-0.3, -0.25) is 4.79 Å². The Morgan fingerprint density at radius 2 is 1.78 bits per heavy atom. The molecule has 0 saturated heterocycles. The molecule has 140 valence electrons. The van der Waals surface area contributed by atoms with Crippen molar-refractivity contribution < 1.29 is 18.8 Å². The summed E-state index contributed by atoms with van der Waals surface area (Å²) in [5.74, 6) is 1.74. The van der Waals surface area contributed by atoms with Crippen molar-refractivity contribution in [3.05, 3.63) is 60.0 Å². The number of amides is 1. The third-order valence-corrected chi connectivity index (χ3v) is 4.08. The predicted octanol–water partition coefficient (Wildman–Crippen LogP) is 3.29. The van der Waals surface area contributed by atoms with Gasteiger partial charge in [0.1, 0.15) is 11.5 Å². The molecule has 0 fully saturated rings. The maximum Gasteiger partial charge on any atom is 0.251 e. The summed E-state index contributed by atoms with van der Waals surface area (Å²) in [7, 11) is 3.08. The normalized spacial score (nSPS) is 11.7. The number of hydrogen-bond acceptors (Lipinski definition) is 6. The van der Waals surface area contributed by atoms with E-state index in [1.165, 1.54) is 0 Å². The average molecular weight is 367 g/mol. The topological polar surface area (TPSA) is 86.5 Å². The van der Waals surface area contributed by atoms with Crippen LogP contribution in [0.1, 0.15) is 29.1 Å². The van der Waals surface area contributed by atoms with E-state index < -0.39 is 0 Å². The van der Waals surface area contributed by atoms with E-state index in [1.807, 2.05) is 37.3 Å². The second-order valence-corrected chi connectivity index (χ2v) is 6.03. The van der Waals surface area contributed by atoms with Crippen LogP contribution >= 0.6 is 0 Å². The Labute approximate surface area is 157 Å². The molecule has 1 unspecified atom stereocenters. The van der Waals surface area contributed by atoms with Crippen LogP contribution in [0.3, 0.4) is 0 Å². The van der Waals surface area contributed by atoms with E-state index in [2.05, 4.69) is 15.5 Å². The van der Waals surface area contributed by atoms with Crippen LogP contribution in [-0.4, -0.2) is 36.8 Å². The van der Waals surface area contributed by atoms with Gasteiger partial charge in [0.05, 0.1) is 20.1 Å². The SMILES string of the molecule is COc1cc(OC)cc(C(=O)NCC(C)c2nc(-c3ccccc3)no2)c1. The van der Waals surface area contributed by atoms with E-state index in [-0.39, 0.29) is 11.8 Å². The fourth-order valence-corrected chi connectivity index (χ4v) is 2.51. The van der Waals surface area contributed by atoms with Crippen molar-refractivity contribution in [3.8, 4) is 22.9 Å². The van der Waals surface area contributed by atoms with Crippen molar-refractivity contribution in [2.75, 3.05) is 20.8 Å². The highest BCUT2D eigenvalue weighted by molar-refractivity contribution is 5.95. The molecule has 1 heterocycles. The van der Waals surface area contributed by atoms with Crippen LogP contribution in [0.4, 0.5) is 0 Å². The molecule has 0 aliphatic rings. The second kappa shape index (κ2) is 8.35. The van der Waals surface area contributed by atoms with E-state index in [0.29, 0.717) is 35.3 Å². The van der Waals surface area contributed by atoms with Gasteiger partial charge in [-0.05, 0) is 12.1 Å². The van der Waals surface area contributed by atoms with E-state index in [0.717, 1.165) is 5.56 Å². The minimum absolute atomic E-state index is 0.133. The van der Waals surface area contributed by atoms with Gasteiger partial charge in [-0.25, -0.2) is 0 Å². The van der Waals surface area contributed by atoms with Gasteiger partial charge >= 0.3 is 0 Å². The van der Waals surface area contributed by atoms with Gasteiger partial charge in [-0.2, -0.15) is 4.98 Å². The fraction of sp³-hybridized carbons (Fsp3) is 0.250. The third-order valence-electron chi connectivity index (χ3n) is 4.08. The summed E-state index contributed by atoms with van der Waals surface area (Å²) in [6.07, 6.45) is 0. The highest BCUT2D eigenvalue weighted by Gasteiger charge is 2.17. The Morgan fingerprint density at radius 3 is 2.41 bits per heavy atom. The summed E-state index contributed by atoms with van der Waals surface area (Å²) in [5.41, 5.74) is 1.33. The number of nitrogens with one attached hydrogen (secondary N) is 1. The number of hydrogen-bond donors (Lipinski definition) is 1. The summed E-state index contributed by atoms with van der Waals surface area (Å²) in [6.45, 7) is 2.27. The molecule has 0 spiro atoms. The molecule has 7 nitrogen and oxygen atoms in total. The molecule has 2 aromatic carbocycles. The highest BCUT2D eigenvalue weighted by Crippen LogP contribution is 2.23. The first-order chi connectivity index (χ1) is 13.1. The predicted molar refractivity (Wildman–Crippen MR) is 100 cm³/mol. The minimum Gasteiger partial charge on any atom is -0.497 e. The maximum absolute atomic E-state index is 12.5. The monoisotopic (exact) mass is 367 g/mol. The number of nitrogens with zero attached hydrogens (tertiary/aromatic N) is 2. The van der Waals surface area contributed by atoms with Crippen molar-refractivity contribution in [1.82, 2.24) is 15.5 Å². The van der Waals surface area contributed by atoms with Gasteiger partial charge in [-0.15, -0.1) is 0 Å². The van der Waals surface area contributed by atoms with Crippen LogP contribution in [-0.2, 0) is 0 Å². The Balaban J connectivity index is 1.65. The van der Waals surface area contributed by atoms with Crippen LogP contribution < -0.4 is 14.8 Å². The molecule has 0 bridgehead atoms. The number of ether oxygens (including phenoxy) is 2. The van der Waals surface area contributed by atoms with Crippen molar-refractivity contribution in [1.29, 1.82) is 0 Å². The second-order valence-electron chi connectivity index (χ2n) is 6.03. The number of carbonyl (C=O) groups excluding carboxylic acids is 1. The Hall–Kier alpha value is -3.35. The lowest BCUT2D eigenvalue weighted by Crippen LogP contribution is -2.27. The van der Waals surface area contributed by atoms with Crippen LogP contribution in [0.15, 0.2) is 53.1 Å². The molecule has 0 saturated carbocycles. The fourth-order valence-electron chi connectivity index (χ4n) is 2.51. The number of benzene rings is 2. The lowest BCUT2D eigenvalue weighted by Gasteiger charge is -2.11. The van der Waals surface area contributed by atoms with Crippen LogP contribution in [0.5, 0.6) is 11.5 Å². The number of aromatic nitrogens is 2. The zero-order valence-corrected chi connectivity index (χ0v) is 15.4. The largest absolute Gasteiger partial charge is 0.497 e. The van der Waals surface area contributed by atoms with Crippen LogP contribution in [0.2, 0.25) is 0 Å². The molecule has 1 amide bonds. The molecule has 1 atom stereocenters. The summed E-state index contributed by atoms with van der Waals surface area (Å²) in [4.78, 5) is 16.9. The van der Waals surface area contributed by atoms with Crippen molar-refractivity contribution >= 4 is 5.91 Å². The molecular weight excluding hydrogens is 346 g/mol. The zero-order valence-electron chi connectivity index (χ0n) is 15.4. The molecule has 1 N–H and O–H groups in total. The lowest BCUT2D eigenvalue weighted by molar-refractivity contribution is 0.0949. The maximum atomic E-state index is 12.5. The van der Waals surface area contributed by atoms with Gasteiger partial charge in [0, 0.05) is 23.7 Å². The summed E-state index contributed by atoms with van der Waals surface area (Å²) in [6, 6.07) is 14.6. The molecule has 0 aliphatic carbocycles. The summed E-state index contributed by atoms with van der Waals surface area (Å²) < 4.78 is 15.7. The first-order valence-electron chi connectivity index (χ1n) is 8.51. The van der Waals surface area contributed by atoms with E-state index in [4.69, 9.17) is 14.0 Å². The van der Waals surface area contributed by atoms with Gasteiger partial charge in [0.15, 0.2) is 0 Å². The number of rotatable bonds is 7. The zero-order chi connectivity index (χ0) is 19.2. The van der Waals surface area contributed by atoms with Crippen molar-refractivity contribution in [2.45, 2.75) is 12.8 Å². The van der Waals surface area contributed by atoms with Gasteiger partial charge in [0.25, 0.3) is 5.91 Å². The standard InChI is InChI=1S/C20H21N3O4/c1-13(20-22-18(23-27-20)14-7-5-4-6-8-14)12-21-19(24)15-9-16(25-2)11-17(10-15)26-3/h4-11,13H,12H2,1-3H3,(H,21,24). The van der Waals surface area contributed by atoms with E-state index in [9.17, 15) is 4.79 Å². The number of methoxy groups -OCH3 is 2. The quantitative estimate of drug-likeness (QED) is 0.690. The Kier molecular flexibility index (Phi) is 5.71. The third kappa shape index (κ3) is 4.44. The van der Waals surface area contributed by atoms with Crippen LogP contribution in [0, 0.1) is 0 Å². The molecule has 7 heteroatoms. The van der Waals surface area contributed by atoms with E-state index in [1.54, 1.807) is 32.4 Å². The van der Waals surface area contributed by atoms with Crippen LogP contribution in [0.25, 0.3) is 11.4 Å². The van der Waals surface area contributed by atoms with Gasteiger partial charge in [0.2, 0.25) is 11.7 Å². The highest BCUT2D eigenvalue weighted by atomic mass is 16.5. The molecule has 1 aromatic heterocycles. The van der Waals surface area contributed by atoms with Crippen molar-refractivity contribution in [3.63, 3.8) is 0 Å². The lowest BCUT2D eigenvalue weighted by atomic mass is 10.1. The smallest absolute Gasteiger partial charge is 0.251 e. The van der Waals surface area contributed by atoms with Gasteiger partial charge < -0.3 is 19.3 Å². The molecule has 3 aromatic rings. The van der Waals surface area contributed by atoms with Gasteiger partial charge in [-0.1, -0.05) is 42.4 Å². The Morgan fingerprint density at radius 1 is 1.11 bits per heavy atom. The Bertz CT molecular complexity index is 886. The molecular formula is C20H21N3O4. The number of carbonyl (C=O) groups is 1. The molecule has 27 heavy (non-hydrogen) atoms. The summed E-state index contributed by atoms with van der Waals surface area (Å²) >= 11 is 0. The first-order valence-corrected chi connectivity index (χ1v) is 8.51. The molecule has 0 radical (unpaired) electrons. The minimum atomic E-state index is -0.234. The molecule has 0 aliphatic heterocycles. The van der Waals surface area contributed by atoms with E-state index >= 15 is 0 Å². The molecule has 3 rings (SSSR count). The first kappa shape index (κ1) is 18.4.